The number of fused-ring (bicyclic) bond motifs is 8. The number of rotatable bonds is 6. The van der Waals surface area contributed by atoms with E-state index in [1.165, 1.54) is 100 Å². The molecule has 0 fully saturated rings. The van der Waals surface area contributed by atoms with Gasteiger partial charge in [-0.05, 0) is 149 Å². The maximum absolute atomic E-state index is 4.74. The molecule has 2 heterocycles. The van der Waals surface area contributed by atoms with Crippen molar-refractivity contribution >= 4 is 21.8 Å². The Labute approximate surface area is 398 Å². The standard InChI is InChI=1S/C66H48N2/c1-65(2)59-37-47(25-29-55(59)57-31-27-49(39-61(57)65)45-13-5-15-51(35-45)53-19-7-11-43-17-9-33-67-63(43)53)41-21-23-42(24-22-41)48-26-30-56-58-32-28-50(40-62(58)66(3,4)60(56)38-48)46-14-6-16-52(36-46)54-20-8-12-44-18-10-34-68-64(44)54/h5-40H,1-4H3. The van der Waals surface area contributed by atoms with E-state index < -0.39 is 0 Å². The third kappa shape index (κ3) is 6.32. The Kier molecular flexibility index (Phi) is 8.95. The van der Waals surface area contributed by atoms with Crippen LogP contribution in [0.1, 0.15) is 49.9 Å². The zero-order chi connectivity index (χ0) is 45.7. The van der Waals surface area contributed by atoms with Gasteiger partial charge in [0.2, 0.25) is 0 Å². The van der Waals surface area contributed by atoms with Crippen molar-refractivity contribution in [2.45, 2.75) is 38.5 Å². The van der Waals surface area contributed by atoms with E-state index in [-0.39, 0.29) is 10.8 Å². The second kappa shape index (κ2) is 15.2. The molecular formula is C66H48N2. The maximum atomic E-state index is 4.74. The van der Waals surface area contributed by atoms with Crippen LogP contribution < -0.4 is 0 Å². The Morgan fingerprint density at radius 1 is 0.250 bits per heavy atom. The molecule has 0 saturated heterocycles. The van der Waals surface area contributed by atoms with Gasteiger partial charge in [-0.2, -0.15) is 0 Å². The van der Waals surface area contributed by atoms with Crippen molar-refractivity contribution < 1.29 is 0 Å². The summed E-state index contributed by atoms with van der Waals surface area (Å²) in [4.78, 5) is 9.48. The van der Waals surface area contributed by atoms with Gasteiger partial charge in [0.05, 0.1) is 11.0 Å². The van der Waals surface area contributed by atoms with Gasteiger partial charge in [-0.15, -0.1) is 0 Å². The van der Waals surface area contributed by atoms with Crippen LogP contribution in [0.3, 0.4) is 0 Å². The Bertz CT molecular complexity index is 3590. The summed E-state index contributed by atoms with van der Waals surface area (Å²) < 4.78 is 0. The molecule has 2 aliphatic rings. The molecule has 11 aromatic rings. The molecule has 322 valence electrons. The highest BCUT2D eigenvalue weighted by molar-refractivity contribution is 5.96. The largest absolute Gasteiger partial charge is 0.256 e. The summed E-state index contributed by atoms with van der Waals surface area (Å²) in [5, 5.41) is 2.31. The Morgan fingerprint density at radius 3 is 0.926 bits per heavy atom. The average Bonchev–Trinajstić information content (AvgIpc) is 3.76. The van der Waals surface area contributed by atoms with Crippen LogP contribution in [0.5, 0.6) is 0 Å². The monoisotopic (exact) mass is 868 g/mol. The van der Waals surface area contributed by atoms with Crippen LogP contribution in [0.25, 0.3) is 111 Å². The topological polar surface area (TPSA) is 25.8 Å². The van der Waals surface area contributed by atoms with Gasteiger partial charge in [0.15, 0.2) is 0 Å². The summed E-state index contributed by atoms with van der Waals surface area (Å²) in [5.41, 5.74) is 27.1. The summed E-state index contributed by atoms with van der Waals surface area (Å²) in [6.45, 7) is 9.51. The first-order chi connectivity index (χ1) is 33.2. The summed E-state index contributed by atoms with van der Waals surface area (Å²) in [5.74, 6) is 0. The molecule has 0 N–H and O–H groups in total. The molecule has 0 amide bonds. The summed E-state index contributed by atoms with van der Waals surface area (Å²) >= 11 is 0. The highest BCUT2D eigenvalue weighted by Crippen LogP contribution is 2.53. The molecule has 0 spiro atoms. The zero-order valence-electron chi connectivity index (χ0n) is 38.7. The normalized spacial score (nSPS) is 13.8. The van der Waals surface area contributed by atoms with Crippen molar-refractivity contribution in [3.8, 4) is 89.0 Å². The van der Waals surface area contributed by atoms with E-state index in [4.69, 9.17) is 9.97 Å². The molecule has 2 aromatic heterocycles. The third-order valence-corrected chi connectivity index (χ3v) is 15.2. The molecule has 0 aliphatic heterocycles. The van der Waals surface area contributed by atoms with Crippen LogP contribution in [0, 0.1) is 0 Å². The number of hydrogen-bond acceptors (Lipinski definition) is 2. The first-order valence-corrected chi connectivity index (χ1v) is 23.8. The van der Waals surface area contributed by atoms with Crippen LogP contribution in [-0.2, 0) is 10.8 Å². The molecule has 0 radical (unpaired) electrons. The fraction of sp³-hybridized carbons (Fsp3) is 0.0909. The fourth-order valence-electron chi connectivity index (χ4n) is 11.5. The van der Waals surface area contributed by atoms with Crippen molar-refractivity contribution in [3.05, 3.63) is 241 Å². The lowest BCUT2D eigenvalue weighted by molar-refractivity contribution is 0.660. The highest BCUT2D eigenvalue weighted by Gasteiger charge is 2.37. The summed E-state index contributed by atoms with van der Waals surface area (Å²) in [6, 6.07) is 76.4. The minimum absolute atomic E-state index is 0.150. The van der Waals surface area contributed by atoms with Crippen molar-refractivity contribution in [2.24, 2.45) is 0 Å². The molecular weight excluding hydrogens is 821 g/mol. The van der Waals surface area contributed by atoms with Crippen molar-refractivity contribution in [2.75, 3.05) is 0 Å². The highest BCUT2D eigenvalue weighted by atomic mass is 14.7. The first-order valence-electron chi connectivity index (χ1n) is 23.8. The minimum atomic E-state index is -0.150. The van der Waals surface area contributed by atoms with Gasteiger partial charge in [0.25, 0.3) is 0 Å². The molecule has 0 atom stereocenters. The minimum Gasteiger partial charge on any atom is -0.256 e. The van der Waals surface area contributed by atoms with Gasteiger partial charge < -0.3 is 0 Å². The number of aromatic nitrogens is 2. The van der Waals surface area contributed by atoms with Gasteiger partial charge in [0.1, 0.15) is 0 Å². The van der Waals surface area contributed by atoms with Crippen LogP contribution in [0.4, 0.5) is 0 Å². The van der Waals surface area contributed by atoms with E-state index in [1.54, 1.807) is 0 Å². The number of hydrogen-bond donors (Lipinski definition) is 0. The van der Waals surface area contributed by atoms with Gasteiger partial charge >= 0.3 is 0 Å². The molecule has 0 bridgehead atoms. The molecule has 0 saturated carbocycles. The van der Waals surface area contributed by atoms with Crippen LogP contribution in [0.15, 0.2) is 219 Å². The van der Waals surface area contributed by atoms with Crippen LogP contribution in [-0.4, -0.2) is 9.97 Å². The quantitative estimate of drug-likeness (QED) is 0.166. The summed E-state index contributed by atoms with van der Waals surface area (Å²) in [6.07, 6.45) is 3.76. The number of benzene rings is 9. The lowest BCUT2D eigenvalue weighted by Crippen LogP contribution is -2.15. The van der Waals surface area contributed by atoms with Crippen molar-refractivity contribution in [1.82, 2.24) is 9.97 Å². The van der Waals surface area contributed by atoms with Gasteiger partial charge in [0, 0.05) is 45.1 Å². The van der Waals surface area contributed by atoms with Crippen LogP contribution >= 0.6 is 0 Å². The lowest BCUT2D eigenvalue weighted by Gasteiger charge is -2.23. The van der Waals surface area contributed by atoms with Crippen LogP contribution in [0.2, 0.25) is 0 Å². The lowest BCUT2D eigenvalue weighted by atomic mass is 9.80. The molecule has 9 aromatic carbocycles. The van der Waals surface area contributed by atoms with E-state index in [2.05, 4.69) is 222 Å². The Hall–Kier alpha value is -8.20. The first kappa shape index (κ1) is 40.1. The smallest absolute Gasteiger partial charge is 0.0780 e. The molecule has 0 unspecified atom stereocenters. The molecule has 2 heteroatoms. The summed E-state index contributed by atoms with van der Waals surface area (Å²) in [7, 11) is 0. The molecule has 2 aliphatic carbocycles. The molecule has 2 nitrogen and oxygen atoms in total. The number of nitrogens with zero attached hydrogens (tertiary/aromatic N) is 2. The van der Waals surface area contributed by atoms with E-state index in [0.717, 1.165) is 32.9 Å². The van der Waals surface area contributed by atoms with Crippen molar-refractivity contribution in [1.29, 1.82) is 0 Å². The second-order valence-corrected chi connectivity index (χ2v) is 19.8. The Morgan fingerprint density at radius 2 is 0.544 bits per heavy atom. The third-order valence-electron chi connectivity index (χ3n) is 15.2. The average molecular weight is 869 g/mol. The molecule has 68 heavy (non-hydrogen) atoms. The van der Waals surface area contributed by atoms with Gasteiger partial charge in [-0.3, -0.25) is 9.97 Å². The van der Waals surface area contributed by atoms with E-state index >= 15 is 0 Å². The SMILES string of the molecule is CC1(C)c2cc(-c3ccc(-c4ccc5c(c4)C(C)(C)c4cc(-c6cccc(-c7cccc8cccnc78)c6)ccc4-5)cc3)ccc2-c2ccc(-c3cccc(-c4cccc5cccnc45)c3)cc21. The van der Waals surface area contributed by atoms with E-state index in [1.807, 2.05) is 24.5 Å². The number of pyridine rings is 2. The maximum Gasteiger partial charge on any atom is 0.0780 e. The van der Waals surface area contributed by atoms with E-state index in [0.29, 0.717) is 0 Å². The van der Waals surface area contributed by atoms with E-state index in [9.17, 15) is 0 Å². The van der Waals surface area contributed by atoms with Gasteiger partial charge in [-0.1, -0.05) is 185 Å². The fourth-order valence-corrected chi connectivity index (χ4v) is 11.5. The Balaban J connectivity index is 0.763. The second-order valence-electron chi connectivity index (χ2n) is 19.8. The van der Waals surface area contributed by atoms with Gasteiger partial charge in [-0.25, -0.2) is 0 Å². The predicted molar refractivity (Wildman–Crippen MR) is 285 cm³/mol. The molecule has 13 rings (SSSR count). The predicted octanol–water partition coefficient (Wildman–Crippen LogP) is 17.4. The number of para-hydroxylation sites is 2. The zero-order valence-corrected chi connectivity index (χ0v) is 38.7. The van der Waals surface area contributed by atoms with Crippen molar-refractivity contribution in [3.63, 3.8) is 0 Å².